The Morgan fingerprint density at radius 1 is 0.973 bits per heavy atom. The van der Waals surface area contributed by atoms with Crippen molar-refractivity contribution in [2.24, 2.45) is 0 Å². The van der Waals surface area contributed by atoms with Crippen LogP contribution in [0.25, 0.3) is 22.3 Å². The summed E-state index contributed by atoms with van der Waals surface area (Å²) in [6, 6.07) is 20.5. The lowest BCUT2D eigenvalue weighted by Gasteiger charge is -2.25. The van der Waals surface area contributed by atoms with E-state index in [0.29, 0.717) is 24.5 Å². The van der Waals surface area contributed by atoms with E-state index in [4.69, 9.17) is 9.97 Å². The van der Waals surface area contributed by atoms with Crippen LogP contribution in [0.15, 0.2) is 77.3 Å². The molecule has 37 heavy (non-hydrogen) atoms. The van der Waals surface area contributed by atoms with Gasteiger partial charge in [-0.1, -0.05) is 59.3 Å². The third-order valence-corrected chi connectivity index (χ3v) is 6.31. The molecule has 0 saturated carbocycles. The summed E-state index contributed by atoms with van der Waals surface area (Å²) in [6.45, 7) is 3.17. The van der Waals surface area contributed by atoms with Crippen molar-refractivity contribution >= 4 is 38.6 Å². The number of halogens is 4. The highest BCUT2D eigenvalue weighted by Crippen LogP contribution is 2.30. The van der Waals surface area contributed by atoms with E-state index in [1.54, 1.807) is 6.07 Å². The molecular weight excluding hydrogens is 545 g/mol. The van der Waals surface area contributed by atoms with Gasteiger partial charge in [0.05, 0.1) is 11.1 Å². The zero-order chi connectivity index (χ0) is 26.4. The summed E-state index contributed by atoms with van der Waals surface area (Å²) in [5.74, 6) is 1.09. The number of nitrogens with one attached hydrogen (secondary N) is 1. The number of para-hydroxylation sites is 1. The summed E-state index contributed by atoms with van der Waals surface area (Å²) in [4.78, 5) is 24.3. The minimum Gasteiger partial charge on any atom is -0.355 e. The first-order chi connectivity index (χ1) is 17.7. The second-order valence-corrected chi connectivity index (χ2v) is 9.53. The average molecular weight is 571 g/mol. The summed E-state index contributed by atoms with van der Waals surface area (Å²) < 4.78 is 39.8. The molecule has 1 aromatic heterocycles. The van der Waals surface area contributed by atoms with Gasteiger partial charge in [0, 0.05) is 41.5 Å². The Bertz CT molecular complexity index is 1390. The number of anilines is 1. The maximum atomic E-state index is 13.0. The molecule has 3 aromatic carbocycles. The number of fused-ring (bicyclic) bond motifs is 1. The highest BCUT2D eigenvalue weighted by Gasteiger charge is 2.30. The van der Waals surface area contributed by atoms with Crippen LogP contribution in [-0.2, 0) is 17.5 Å². The van der Waals surface area contributed by atoms with Crippen LogP contribution in [0.4, 0.5) is 19.0 Å². The minimum atomic E-state index is -4.42. The number of nitrogens with zero attached hydrogens (tertiary/aromatic N) is 3. The highest BCUT2D eigenvalue weighted by atomic mass is 79.9. The molecule has 0 fully saturated rings. The number of aromatic nitrogens is 2. The number of hydrogen-bond donors (Lipinski definition) is 1. The highest BCUT2D eigenvalue weighted by molar-refractivity contribution is 9.10. The monoisotopic (exact) mass is 570 g/mol. The van der Waals surface area contributed by atoms with E-state index in [1.807, 2.05) is 48.5 Å². The van der Waals surface area contributed by atoms with Gasteiger partial charge < -0.3 is 10.2 Å². The zero-order valence-corrected chi connectivity index (χ0v) is 21.8. The zero-order valence-electron chi connectivity index (χ0n) is 20.2. The number of alkyl halides is 3. The van der Waals surface area contributed by atoms with Gasteiger partial charge in [0.25, 0.3) is 0 Å². The smallest absolute Gasteiger partial charge is 0.355 e. The lowest BCUT2D eigenvalue weighted by Crippen LogP contribution is -2.32. The number of amides is 1. The molecule has 0 saturated heterocycles. The van der Waals surface area contributed by atoms with Crippen molar-refractivity contribution in [2.75, 3.05) is 18.0 Å². The Labute approximate surface area is 221 Å². The van der Waals surface area contributed by atoms with Gasteiger partial charge in [0.15, 0.2) is 5.82 Å². The maximum Gasteiger partial charge on any atom is 0.416 e. The summed E-state index contributed by atoms with van der Waals surface area (Å²) in [7, 11) is 0. The number of rotatable bonds is 9. The van der Waals surface area contributed by atoms with E-state index in [9.17, 15) is 18.0 Å². The lowest BCUT2D eigenvalue weighted by atomic mass is 10.1. The summed E-state index contributed by atoms with van der Waals surface area (Å²) in [6.07, 6.45) is -3.41. The fourth-order valence-corrected chi connectivity index (χ4v) is 4.43. The van der Waals surface area contributed by atoms with Crippen LogP contribution in [0.5, 0.6) is 0 Å². The van der Waals surface area contributed by atoms with E-state index in [-0.39, 0.29) is 18.9 Å². The maximum absolute atomic E-state index is 13.0. The van der Waals surface area contributed by atoms with Crippen molar-refractivity contribution in [1.29, 1.82) is 0 Å². The van der Waals surface area contributed by atoms with Crippen molar-refractivity contribution in [1.82, 2.24) is 15.3 Å². The Morgan fingerprint density at radius 3 is 2.51 bits per heavy atom. The van der Waals surface area contributed by atoms with Gasteiger partial charge >= 0.3 is 6.18 Å². The molecule has 5 nitrogen and oxygen atoms in total. The van der Waals surface area contributed by atoms with Gasteiger partial charge in [0.2, 0.25) is 5.91 Å². The van der Waals surface area contributed by atoms with Gasteiger partial charge in [-0.2, -0.15) is 13.2 Å². The van der Waals surface area contributed by atoms with Crippen LogP contribution in [-0.4, -0.2) is 29.0 Å². The molecule has 0 unspecified atom stereocenters. The van der Waals surface area contributed by atoms with E-state index in [0.717, 1.165) is 45.3 Å². The topological polar surface area (TPSA) is 58.1 Å². The van der Waals surface area contributed by atoms with Gasteiger partial charge in [0.1, 0.15) is 5.82 Å². The third-order valence-electron chi connectivity index (χ3n) is 5.81. The van der Waals surface area contributed by atoms with Crippen molar-refractivity contribution in [2.45, 2.75) is 32.5 Å². The van der Waals surface area contributed by atoms with Crippen LogP contribution >= 0.6 is 15.9 Å². The lowest BCUT2D eigenvalue weighted by molar-refractivity contribution is -0.137. The quantitative estimate of drug-likeness (QED) is 0.235. The van der Waals surface area contributed by atoms with Crippen molar-refractivity contribution in [3.8, 4) is 11.4 Å². The minimum absolute atomic E-state index is 0.0278. The van der Waals surface area contributed by atoms with Gasteiger partial charge in [-0.3, -0.25) is 4.79 Å². The summed E-state index contributed by atoms with van der Waals surface area (Å²) in [5.41, 5.74) is 1.34. The average Bonchev–Trinajstić information content (AvgIpc) is 2.89. The molecule has 1 N–H and O–H groups in total. The van der Waals surface area contributed by atoms with Crippen LogP contribution in [0, 0.1) is 0 Å². The molecule has 192 valence electrons. The molecule has 0 atom stereocenters. The molecule has 0 aliphatic rings. The molecule has 0 aliphatic carbocycles. The van der Waals surface area contributed by atoms with Crippen LogP contribution in [0.3, 0.4) is 0 Å². The fourth-order valence-electron chi connectivity index (χ4n) is 4.03. The van der Waals surface area contributed by atoms with Gasteiger partial charge in [-0.25, -0.2) is 9.97 Å². The van der Waals surface area contributed by atoms with Crippen LogP contribution in [0.2, 0.25) is 0 Å². The van der Waals surface area contributed by atoms with Gasteiger partial charge in [-0.15, -0.1) is 0 Å². The molecule has 0 spiro atoms. The Hall–Kier alpha value is -3.46. The standard InChI is InChI=1S/C28H26BrF3N4O/c1-2-14-36(15-13-25(37)33-18-19-7-5-9-21(16-19)28(30,31)32)27-23-11-3-4-12-24(23)34-26(35-27)20-8-6-10-22(29)17-20/h3-12,16-17H,2,13-15,18H2,1H3,(H,33,37). The molecule has 9 heteroatoms. The summed E-state index contributed by atoms with van der Waals surface area (Å²) in [5, 5.41) is 3.62. The predicted molar refractivity (Wildman–Crippen MR) is 143 cm³/mol. The fraction of sp³-hybridized carbons (Fsp3) is 0.250. The Balaban J connectivity index is 1.52. The first-order valence-corrected chi connectivity index (χ1v) is 12.7. The molecule has 0 radical (unpaired) electrons. The van der Waals surface area contributed by atoms with Crippen molar-refractivity contribution < 1.29 is 18.0 Å². The second-order valence-electron chi connectivity index (χ2n) is 8.61. The number of carbonyl (C=O) groups excluding carboxylic acids is 1. The predicted octanol–water partition coefficient (Wildman–Crippen LogP) is 7.00. The first-order valence-electron chi connectivity index (χ1n) is 11.9. The van der Waals surface area contributed by atoms with E-state index in [2.05, 4.69) is 33.1 Å². The first kappa shape index (κ1) is 26.6. The Kier molecular flexibility index (Phi) is 8.43. The molecule has 0 bridgehead atoms. The van der Waals surface area contributed by atoms with Crippen LogP contribution in [0.1, 0.15) is 30.9 Å². The van der Waals surface area contributed by atoms with Crippen molar-refractivity contribution in [3.05, 3.63) is 88.4 Å². The molecule has 1 amide bonds. The van der Waals surface area contributed by atoms with E-state index >= 15 is 0 Å². The molecular formula is C28H26BrF3N4O. The number of benzene rings is 3. The molecule has 4 rings (SSSR count). The summed E-state index contributed by atoms with van der Waals surface area (Å²) >= 11 is 3.50. The van der Waals surface area contributed by atoms with E-state index in [1.165, 1.54) is 6.07 Å². The molecule has 4 aromatic rings. The largest absolute Gasteiger partial charge is 0.416 e. The Morgan fingerprint density at radius 2 is 1.76 bits per heavy atom. The normalized spacial score (nSPS) is 11.5. The van der Waals surface area contributed by atoms with Gasteiger partial charge in [-0.05, 0) is 48.4 Å². The SMILES string of the molecule is CCCN(CCC(=O)NCc1cccc(C(F)(F)F)c1)c1nc(-c2cccc(Br)c2)nc2ccccc12. The van der Waals surface area contributed by atoms with Crippen LogP contribution < -0.4 is 10.2 Å². The molecule has 0 aliphatic heterocycles. The third kappa shape index (κ3) is 6.85. The second kappa shape index (κ2) is 11.7. The molecule has 1 heterocycles. The van der Waals surface area contributed by atoms with Crippen molar-refractivity contribution in [3.63, 3.8) is 0 Å². The number of hydrogen-bond acceptors (Lipinski definition) is 4. The number of carbonyl (C=O) groups is 1. The van der Waals surface area contributed by atoms with E-state index < -0.39 is 11.7 Å².